The predicted molar refractivity (Wildman–Crippen MR) is 213 cm³/mol. The zero-order valence-corrected chi connectivity index (χ0v) is 31.7. The number of carbonyl (C=O) groups is 2. The molecular formula is C39H36N8O6S2. The lowest BCUT2D eigenvalue weighted by Crippen LogP contribution is -2.27. The third-order valence-corrected chi connectivity index (χ3v) is 9.58. The number of rotatable bonds is 12. The van der Waals surface area contributed by atoms with E-state index in [0.717, 1.165) is 27.5 Å². The van der Waals surface area contributed by atoms with Gasteiger partial charge in [0.15, 0.2) is 11.4 Å². The Hall–Kier alpha value is -6.52. The normalized spacial score (nSPS) is 10.7. The highest BCUT2D eigenvalue weighted by molar-refractivity contribution is 7.08. The number of aryl methyl sites for hydroxylation is 3. The zero-order chi connectivity index (χ0) is 38.7. The number of nitrogens with one attached hydrogen (secondary N) is 2. The third-order valence-electron chi connectivity index (χ3n) is 8.11. The summed E-state index contributed by atoms with van der Waals surface area (Å²) in [4.78, 5) is 58.4. The molecule has 6 aromatic heterocycles. The second kappa shape index (κ2) is 18.0. The fourth-order valence-corrected chi connectivity index (χ4v) is 6.49. The number of esters is 2. The highest BCUT2D eigenvalue weighted by Crippen LogP contribution is 2.24. The molecule has 0 amide bonds. The summed E-state index contributed by atoms with van der Waals surface area (Å²) in [5.74, 6) is -1.16. The molecule has 6 heterocycles. The summed E-state index contributed by atoms with van der Waals surface area (Å²) in [6, 6.07) is 16.2. The summed E-state index contributed by atoms with van der Waals surface area (Å²) >= 11 is 3.06. The molecule has 0 atom stereocenters. The van der Waals surface area contributed by atoms with Crippen LogP contribution in [0.15, 0.2) is 110 Å². The van der Waals surface area contributed by atoms with Crippen molar-refractivity contribution >= 4 is 68.1 Å². The number of anilines is 4. The number of carbonyl (C=O) groups excluding carboxylic acids is 2. The van der Waals surface area contributed by atoms with Crippen molar-refractivity contribution in [3.63, 3.8) is 0 Å². The Bertz CT molecular complexity index is 2530. The van der Waals surface area contributed by atoms with Gasteiger partial charge in [-0.2, -0.15) is 32.9 Å². The number of hydrogen-bond donors (Lipinski definition) is 2. The number of fused-ring (bicyclic) bond motifs is 1. The van der Waals surface area contributed by atoms with Crippen molar-refractivity contribution in [3.05, 3.63) is 150 Å². The second-order valence-corrected chi connectivity index (χ2v) is 13.5. The lowest BCUT2D eigenvalue weighted by molar-refractivity contribution is 0.0454. The minimum atomic E-state index is -0.586. The fraction of sp³-hybridized carbons (Fsp3) is 0.179. The van der Waals surface area contributed by atoms with Gasteiger partial charge in [-0.15, -0.1) is 0 Å². The molecule has 0 bridgehead atoms. The van der Waals surface area contributed by atoms with E-state index in [-0.39, 0.29) is 47.1 Å². The number of aromatic nitrogens is 6. The van der Waals surface area contributed by atoms with Gasteiger partial charge in [-0.25, -0.2) is 19.0 Å². The standard InChI is InChI=1S/C21H18N4O3S.C18H18N4O3S/c1-2-25-20(26)17(23-19-11-22-10-15-5-3-4-6-16(15)19)9-18(24-25)21(27)28-12-14-7-8-29-13-14;1-3-22-17(23)14(20-16-9-19-6-4-12(16)2)8-15(21-22)18(24)25-10-13-5-7-26-11-13/h3-11,13,23H,2,12H2,1H3;4-9,11,20H,3,10H2,1-2H3. The van der Waals surface area contributed by atoms with E-state index in [9.17, 15) is 19.2 Å². The molecule has 0 spiro atoms. The van der Waals surface area contributed by atoms with Gasteiger partial charge in [-0.3, -0.25) is 19.6 Å². The van der Waals surface area contributed by atoms with Crippen LogP contribution in [0.5, 0.6) is 0 Å². The Kier molecular flexibility index (Phi) is 12.5. The van der Waals surface area contributed by atoms with Gasteiger partial charge in [0.2, 0.25) is 0 Å². The molecule has 7 rings (SSSR count). The monoisotopic (exact) mass is 776 g/mol. The van der Waals surface area contributed by atoms with E-state index in [1.54, 1.807) is 38.6 Å². The van der Waals surface area contributed by atoms with Gasteiger partial charge in [0.05, 0.1) is 23.8 Å². The van der Waals surface area contributed by atoms with Gasteiger partial charge in [-0.1, -0.05) is 24.3 Å². The Morgan fingerprint density at radius 3 is 1.76 bits per heavy atom. The molecule has 0 saturated heterocycles. The molecule has 7 aromatic rings. The highest BCUT2D eigenvalue weighted by atomic mass is 32.1. The van der Waals surface area contributed by atoms with Gasteiger partial charge in [0, 0.05) is 59.5 Å². The van der Waals surface area contributed by atoms with Gasteiger partial charge in [0.1, 0.15) is 24.6 Å². The lowest BCUT2D eigenvalue weighted by atomic mass is 10.1. The first-order valence-corrected chi connectivity index (χ1v) is 19.0. The Balaban J connectivity index is 0.000000188. The summed E-state index contributed by atoms with van der Waals surface area (Å²) in [6.07, 6.45) is 6.70. The van der Waals surface area contributed by atoms with Crippen molar-refractivity contribution in [1.82, 2.24) is 29.5 Å². The van der Waals surface area contributed by atoms with E-state index in [2.05, 4.69) is 30.8 Å². The van der Waals surface area contributed by atoms with Crippen LogP contribution in [0.3, 0.4) is 0 Å². The number of nitrogens with zero attached hydrogens (tertiary/aromatic N) is 6. The molecule has 0 fully saturated rings. The molecule has 280 valence electrons. The molecule has 2 N–H and O–H groups in total. The first-order valence-electron chi connectivity index (χ1n) is 17.1. The van der Waals surface area contributed by atoms with Crippen LogP contribution in [-0.2, 0) is 35.8 Å². The fourth-order valence-electron chi connectivity index (χ4n) is 5.19. The summed E-state index contributed by atoms with van der Waals surface area (Å²) in [6.45, 7) is 6.47. The molecule has 0 saturated carbocycles. The highest BCUT2D eigenvalue weighted by Gasteiger charge is 2.18. The molecule has 0 aliphatic rings. The molecule has 0 aliphatic heterocycles. The Labute approximate surface area is 323 Å². The quantitative estimate of drug-likeness (QED) is 0.121. The SMILES string of the molecule is CCn1nc(C(=O)OCc2ccsc2)cc(Nc2cncc3ccccc23)c1=O.CCn1nc(C(=O)OCc2ccsc2)cc(Nc2cnccc2C)c1=O. The van der Waals surface area contributed by atoms with Crippen molar-refractivity contribution in [2.45, 2.75) is 47.1 Å². The van der Waals surface area contributed by atoms with Crippen molar-refractivity contribution < 1.29 is 19.1 Å². The average Bonchev–Trinajstić information content (AvgIpc) is 3.94. The summed E-state index contributed by atoms with van der Waals surface area (Å²) in [5, 5.41) is 23.9. The average molecular weight is 777 g/mol. The number of hydrogen-bond acceptors (Lipinski definition) is 14. The van der Waals surface area contributed by atoms with Crippen LogP contribution in [0.25, 0.3) is 10.8 Å². The lowest BCUT2D eigenvalue weighted by Gasteiger charge is -2.12. The first-order chi connectivity index (χ1) is 26.7. The van der Waals surface area contributed by atoms with Crippen molar-refractivity contribution in [3.8, 4) is 0 Å². The Morgan fingerprint density at radius 1 is 0.691 bits per heavy atom. The van der Waals surface area contributed by atoms with Gasteiger partial charge in [-0.05, 0) is 66.1 Å². The van der Waals surface area contributed by atoms with E-state index in [1.165, 1.54) is 44.2 Å². The maximum absolute atomic E-state index is 12.7. The van der Waals surface area contributed by atoms with Crippen LogP contribution >= 0.6 is 22.7 Å². The van der Waals surface area contributed by atoms with E-state index in [0.29, 0.717) is 24.5 Å². The number of pyridine rings is 2. The van der Waals surface area contributed by atoms with E-state index >= 15 is 0 Å². The van der Waals surface area contributed by atoms with Crippen LogP contribution in [0.2, 0.25) is 0 Å². The molecule has 16 heteroatoms. The van der Waals surface area contributed by atoms with Gasteiger partial charge < -0.3 is 20.1 Å². The Morgan fingerprint density at radius 2 is 1.24 bits per heavy atom. The van der Waals surface area contributed by atoms with Crippen molar-refractivity contribution in [2.75, 3.05) is 10.6 Å². The molecule has 0 aliphatic carbocycles. The number of thiophene rings is 2. The molecular weight excluding hydrogens is 741 g/mol. The van der Waals surface area contributed by atoms with E-state index in [4.69, 9.17) is 9.47 Å². The van der Waals surface area contributed by atoms with Crippen LogP contribution in [0, 0.1) is 6.92 Å². The second-order valence-electron chi connectivity index (χ2n) is 11.9. The van der Waals surface area contributed by atoms with Crippen LogP contribution in [0.1, 0.15) is 51.5 Å². The number of benzene rings is 1. The van der Waals surface area contributed by atoms with Gasteiger partial charge in [0.25, 0.3) is 11.1 Å². The van der Waals surface area contributed by atoms with Crippen LogP contribution in [0.4, 0.5) is 22.7 Å². The minimum absolute atomic E-state index is 0.0670. The molecule has 14 nitrogen and oxygen atoms in total. The maximum atomic E-state index is 12.7. The van der Waals surface area contributed by atoms with Crippen LogP contribution < -0.4 is 21.8 Å². The largest absolute Gasteiger partial charge is 0.456 e. The molecule has 0 radical (unpaired) electrons. The predicted octanol–water partition coefficient (Wildman–Crippen LogP) is 7.10. The smallest absolute Gasteiger partial charge is 0.359 e. The third kappa shape index (κ3) is 9.54. The number of ether oxygens (including phenoxy) is 2. The molecule has 1 aromatic carbocycles. The van der Waals surface area contributed by atoms with E-state index < -0.39 is 11.9 Å². The van der Waals surface area contributed by atoms with E-state index in [1.807, 2.05) is 70.9 Å². The maximum Gasteiger partial charge on any atom is 0.359 e. The van der Waals surface area contributed by atoms with Crippen LogP contribution in [-0.4, -0.2) is 41.5 Å². The molecule has 0 unspecified atom stereocenters. The van der Waals surface area contributed by atoms with Crippen molar-refractivity contribution in [2.24, 2.45) is 0 Å². The summed E-state index contributed by atoms with van der Waals surface area (Å²) < 4.78 is 13.1. The minimum Gasteiger partial charge on any atom is -0.456 e. The zero-order valence-electron chi connectivity index (χ0n) is 30.1. The summed E-state index contributed by atoms with van der Waals surface area (Å²) in [5.41, 5.74) is 4.11. The summed E-state index contributed by atoms with van der Waals surface area (Å²) in [7, 11) is 0. The topological polar surface area (TPSA) is 172 Å². The molecule has 55 heavy (non-hydrogen) atoms. The van der Waals surface area contributed by atoms with Gasteiger partial charge >= 0.3 is 11.9 Å². The first kappa shape index (κ1) is 38.2. The van der Waals surface area contributed by atoms with Crippen molar-refractivity contribution in [1.29, 1.82) is 0 Å².